The van der Waals surface area contributed by atoms with Crippen molar-refractivity contribution in [3.05, 3.63) is 27.4 Å². The summed E-state index contributed by atoms with van der Waals surface area (Å²) in [6.07, 6.45) is 6.87. The minimum absolute atomic E-state index is 0.209. The van der Waals surface area contributed by atoms with Crippen LogP contribution in [0.2, 0.25) is 0 Å². The Morgan fingerprint density at radius 2 is 2.07 bits per heavy atom. The van der Waals surface area contributed by atoms with E-state index in [1.807, 2.05) is 0 Å². The Labute approximate surface area is 178 Å². The molecule has 158 valence electrons. The number of hydrogen-bond donors (Lipinski definition) is 1. The van der Waals surface area contributed by atoms with Crippen LogP contribution in [0.15, 0.2) is 15.7 Å². The van der Waals surface area contributed by atoms with E-state index in [9.17, 15) is 9.59 Å². The first kappa shape index (κ1) is 19.6. The third-order valence-corrected chi connectivity index (χ3v) is 7.16. The lowest BCUT2D eigenvalue weighted by Gasteiger charge is -2.30. The predicted molar refractivity (Wildman–Crippen MR) is 112 cm³/mol. The van der Waals surface area contributed by atoms with E-state index >= 15 is 0 Å². The Morgan fingerprint density at radius 1 is 1.27 bits per heavy atom. The number of hydrogen-bond acceptors (Lipinski definition) is 7. The first-order valence-electron chi connectivity index (χ1n) is 10.6. The molecule has 1 N–H and O–H groups in total. The van der Waals surface area contributed by atoms with Gasteiger partial charge in [0.2, 0.25) is 0 Å². The molecule has 8 heteroatoms. The number of carbonyl (C=O) groups is 2. The fraction of sp³-hybridized carbons (Fsp3) is 0.545. The van der Waals surface area contributed by atoms with Crippen LogP contribution < -0.4 is 5.32 Å². The maximum absolute atomic E-state index is 13.1. The standard InChI is InChI=1S/C22H25N3O4S/c1-22(2)9-15-16(11-28-22)30-21(17(15)20-23-18(25-29-20)12-7-8-12)24-19(27)14-6-4-3-5-13(14)10-26/h10,12H,3-9,11H2,1-2H3,(H,24,27). The average molecular weight is 428 g/mol. The van der Waals surface area contributed by atoms with E-state index in [1.54, 1.807) is 0 Å². The molecule has 5 rings (SSSR count). The zero-order valence-corrected chi connectivity index (χ0v) is 18.1. The smallest absolute Gasteiger partial charge is 0.261 e. The van der Waals surface area contributed by atoms with Gasteiger partial charge in [-0.25, -0.2) is 0 Å². The molecule has 0 saturated heterocycles. The van der Waals surface area contributed by atoms with E-state index in [0.717, 1.165) is 53.8 Å². The lowest BCUT2D eigenvalue weighted by atomic mass is 9.91. The van der Waals surface area contributed by atoms with Gasteiger partial charge in [-0.15, -0.1) is 11.3 Å². The Morgan fingerprint density at radius 3 is 2.83 bits per heavy atom. The second-order valence-corrected chi connectivity index (χ2v) is 10.1. The molecule has 2 aromatic rings. The maximum Gasteiger partial charge on any atom is 0.261 e. The van der Waals surface area contributed by atoms with Gasteiger partial charge >= 0.3 is 0 Å². The van der Waals surface area contributed by atoms with E-state index in [2.05, 4.69) is 29.3 Å². The van der Waals surface area contributed by atoms with Crippen molar-refractivity contribution >= 4 is 28.5 Å². The van der Waals surface area contributed by atoms with Gasteiger partial charge in [-0.1, -0.05) is 5.16 Å². The number of ether oxygens (including phenoxy) is 1. The molecule has 1 aliphatic heterocycles. The summed E-state index contributed by atoms with van der Waals surface area (Å²) in [7, 11) is 0. The van der Waals surface area contributed by atoms with Crippen molar-refractivity contribution in [1.29, 1.82) is 0 Å². The summed E-state index contributed by atoms with van der Waals surface area (Å²) in [5.74, 6) is 1.37. The lowest BCUT2D eigenvalue weighted by Crippen LogP contribution is -2.31. The monoisotopic (exact) mass is 427 g/mol. The molecule has 1 amide bonds. The Hall–Kier alpha value is -2.32. The van der Waals surface area contributed by atoms with Gasteiger partial charge in [0.25, 0.3) is 11.8 Å². The number of fused-ring (bicyclic) bond motifs is 1. The second kappa shape index (κ2) is 7.42. The van der Waals surface area contributed by atoms with Crippen molar-refractivity contribution in [3.63, 3.8) is 0 Å². The molecule has 2 aromatic heterocycles. The van der Waals surface area contributed by atoms with Crippen LogP contribution in [-0.2, 0) is 27.4 Å². The SMILES string of the molecule is CC1(C)Cc2c(sc(NC(=O)C3=C(C=O)CCCC3)c2-c2nc(C3CC3)no2)CO1. The van der Waals surface area contributed by atoms with Crippen LogP contribution in [0.3, 0.4) is 0 Å². The van der Waals surface area contributed by atoms with Crippen molar-refractivity contribution in [2.45, 2.75) is 76.9 Å². The second-order valence-electron chi connectivity index (χ2n) is 8.95. The minimum Gasteiger partial charge on any atom is -0.370 e. The number of amides is 1. The molecule has 7 nitrogen and oxygen atoms in total. The fourth-order valence-electron chi connectivity index (χ4n) is 4.21. The fourth-order valence-corrected chi connectivity index (χ4v) is 5.33. The third kappa shape index (κ3) is 3.63. The van der Waals surface area contributed by atoms with Gasteiger partial charge in [0.05, 0.1) is 17.8 Å². The van der Waals surface area contributed by atoms with Crippen LogP contribution in [0.5, 0.6) is 0 Å². The summed E-state index contributed by atoms with van der Waals surface area (Å²) < 4.78 is 11.6. The maximum atomic E-state index is 13.1. The molecule has 0 radical (unpaired) electrons. The van der Waals surface area contributed by atoms with Crippen LogP contribution in [-0.4, -0.2) is 27.9 Å². The molecule has 3 heterocycles. The number of nitrogens with one attached hydrogen (secondary N) is 1. The zero-order chi connectivity index (χ0) is 20.9. The molecular weight excluding hydrogens is 402 g/mol. The predicted octanol–water partition coefficient (Wildman–Crippen LogP) is 4.53. The van der Waals surface area contributed by atoms with E-state index in [-0.39, 0.29) is 11.5 Å². The number of thiophene rings is 1. The first-order valence-corrected chi connectivity index (χ1v) is 11.4. The number of anilines is 1. The number of nitrogens with zero attached hydrogens (tertiary/aromatic N) is 2. The lowest BCUT2D eigenvalue weighted by molar-refractivity contribution is -0.113. The van der Waals surface area contributed by atoms with Gasteiger partial charge in [0.15, 0.2) is 5.82 Å². The molecule has 3 aliphatic rings. The van der Waals surface area contributed by atoms with Crippen molar-refractivity contribution in [3.8, 4) is 11.5 Å². The quantitative estimate of drug-likeness (QED) is 0.704. The highest BCUT2D eigenvalue weighted by Gasteiger charge is 2.36. The highest BCUT2D eigenvalue weighted by molar-refractivity contribution is 7.17. The van der Waals surface area contributed by atoms with Gasteiger partial charge < -0.3 is 14.6 Å². The number of aromatic nitrogens is 2. The van der Waals surface area contributed by atoms with Crippen LogP contribution in [0, 0.1) is 0 Å². The highest BCUT2D eigenvalue weighted by atomic mass is 32.1. The molecule has 0 spiro atoms. The van der Waals surface area contributed by atoms with E-state index in [1.165, 1.54) is 11.3 Å². The average Bonchev–Trinajstić information content (AvgIpc) is 3.37. The van der Waals surface area contributed by atoms with Gasteiger partial charge in [-0.05, 0) is 57.9 Å². The number of carbonyl (C=O) groups excluding carboxylic acids is 2. The summed E-state index contributed by atoms with van der Waals surface area (Å²) >= 11 is 1.50. The Kier molecular flexibility index (Phi) is 4.86. The van der Waals surface area contributed by atoms with Crippen LogP contribution in [0.4, 0.5) is 5.00 Å². The molecular formula is C22H25N3O4S. The summed E-state index contributed by atoms with van der Waals surface area (Å²) in [5.41, 5.74) is 2.81. The topological polar surface area (TPSA) is 94.3 Å². The normalized spacial score (nSPS) is 20.7. The van der Waals surface area contributed by atoms with Crippen molar-refractivity contribution in [1.82, 2.24) is 10.1 Å². The van der Waals surface area contributed by atoms with Gasteiger partial charge in [-0.3, -0.25) is 9.59 Å². The molecule has 0 atom stereocenters. The Bertz CT molecular complexity index is 1040. The molecule has 0 aromatic carbocycles. The molecule has 1 fully saturated rings. The van der Waals surface area contributed by atoms with E-state index in [0.29, 0.717) is 53.8 Å². The summed E-state index contributed by atoms with van der Waals surface area (Å²) in [6, 6.07) is 0. The molecule has 0 bridgehead atoms. The van der Waals surface area contributed by atoms with Crippen LogP contribution >= 0.6 is 11.3 Å². The third-order valence-electron chi connectivity index (χ3n) is 6.04. The minimum atomic E-state index is -0.306. The molecule has 1 saturated carbocycles. The van der Waals surface area contributed by atoms with Crippen LogP contribution in [0.25, 0.3) is 11.5 Å². The van der Waals surface area contributed by atoms with Crippen LogP contribution in [0.1, 0.15) is 74.6 Å². The largest absolute Gasteiger partial charge is 0.370 e. The van der Waals surface area contributed by atoms with Gasteiger partial charge in [-0.2, -0.15) is 4.98 Å². The number of aldehydes is 1. The zero-order valence-electron chi connectivity index (χ0n) is 17.2. The molecule has 2 aliphatic carbocycles. The van der Waals surface area contributed by atoms with E-state index < -0.39 is 0 Å². The van der Waals surface area contributed by atoms with Crippen molar-refractivity contribution in [2.24, 2.45) is 0 Å². The van der Waals surface area contributed by atoms with Crippen molar-refractivity contribution < 1.29 is 18.8 Å². The van der Waals surface area contributed by atoms with Crippen molar-refractivity contribution in [2.75, 3.05) is 5.32 Å². The first-order chi connectivity index (χ1) is 14.4. The van der Waals surface area contributed by atoms with E-state index in [4.69, 9.17) is 9.26 Å². The van der Waals surface area contributed by atoms with Gasteiger partial charge in [0.1, 0.15) is 11.3 Å². The highest BCUT2D eigenvalue weighted by Crippen LogP contribution is 2.46. The summed E-state index contributed by atoms with van der Waals surface area (Å²) in [4.78, 5) is 30.2. The number of allylic oxidation sites excluding steroid dienone is 1. The molecule has 30 heavy (non-hydrogen) atoms. The summed E-state index contributed by atoms with van der Waals surface area (Å²) in [6.45, 7) is 4.60. The number of rotatable bonds is 5. The summed E-state index contributed by atoms with van der Waals surface area (Å²) in [5, 5.41) is 7.93. The molecule has 0 unspecified atom stereocenters. The Balaban J connectivity index is 1.54. The van der Waals surface area contributed by atoms with Gasteiger partial charge in [0, 0.05) is 28.4 Å².